The van der Waals surface area contributed by atoms with Crippen molar-refractivity contribution < 1.29 is 0 Å². The van der Waals surface area contributed by atoms with Gasteiger partial charge in [-0.1, -0.05) is 24.3 Å². The van der Waals surface area contributed by atoms with E-state index in [0.29, 0.717) is 6.04 Å². The number of fused-ring (bicyclic) bond motifs is 1. The molecule has 100 valence electrons. The molecule has 1 aromatic heterocycles. The lowest BCUT2D eigenvalue weighted by atomic mass is 10.1. The van der Waals surface area contributed by atoms with Gasteiger partial charge in [-0.2, -0.15) is 0 Å². The average molecular weight is 255 g/mol. The molecule has 2 N–H and O–H groups in total. The van der Waals surface area contributed by atoms with Gasteiger partial charge < -0.3 is 5.73 Å². The first-order chi connectivity index (χ1) is 9.11. The lowest BCUT2D eigenvalue weighted by Crippen LogP contribution is -2.30. The van der Waals surface area contributed by atoms with Gasteiger partial charge in [-0.25, -0.2) is 0 Å². The lowest BCUT2D eigenvalue weighted by molar-refractivity contribution is 0.235. The standard InChI is InChI=1S/C16H21N3/c1-4-9-19(12(2)3)11-13-10-15(17)14-7-5-6-8-16(14)18-13/h4-8,10,12H,1,9,11H2,2-3H3,(H2,17,18). The van der Waals surface area contributed by atoms with E-state index in [1.54, 1.807) is 0 Å². The van der Waals surface area contributed by atoms with Crippen LogP contribution >= 0.6 is 0 Å². The Morgan fingerprint density at radius 3 is 2.79 bits per heavy atom. The Morgan fingerprint density at radius 1 is 1.37 bits per heavy atom. The highest BCUT2D eigenvalue weighted by Gasteiger charge is 2.10. The lowest BCUT2D eigenvalue weighted by Gasteiger charge is -2.24. The van der Waals surface area contributed by atoms with E-state index in [2.05, 4.69) is 30.3 Å². The van der Waals surface area contributed by atoms with E-state index in [9.17, 15) is 0 Å². The van der Waals surface area contributed by atoms with Gasteiger partial charge in [-0.15, -0.1) is 6.58 Å². The largest absolute Gasteiger partial charge is 0.398 e. The number of anilines is 1. The summed E-state index contributed by atoms with van der Waals surface area (Å²) in [5.41, 5.74) is 8.86. The smallest absolute Gasteiger partial charge is 0.0726 e. The molecule has 19 heavy (non-hydrogen) atoms. The molecule has 0 amide bonds. The second-order valence-corrected chi connectivity index (χ2v) is 5.03. The summed E-state index contributed by atoms with van der Waals surface area (Å²) in [5, 5.41) is 1.02. The number of para-hydroxylation sites is 1. The normalized spacial score (nSPS) is 11.4. The Morgan fingerprint density at radius 2 is 2.11 bits per heavy atom. The number of aromatic nitrogens is 1. The van der Waals surface area contributed by atoms with Crippen molar-refractivity contribution in [3.8, 4) is 0 Å². The molecule has 0 aliphatic carbocycles. The van der Waals surface area contributed by atoms with Crippen LogP contribution in [-0.2, 0) is 6.54 Å². The quantitative estimate of drug-likeness (QED) is 0.834. The van der Waals surface area contributed by atoms with Crippen LogP contribution in [0, 0.1) is 0 Å². The van der Waals surface area contributed by atoms with Gasteiger partial charge in [0.2, 0.25) is 0 Å². The fourth-order valence-corrected chi connectivity index (χ4v) is 2.17. The van der Waals surface area contributed by atoms with E-state index in [1.807, 2.05) is 36.4 Å². The highest BCUT2D eigenvalue weighted by atomic mass is 15.1. The van der Waals surface area contributed by atoms with Crippen molar-refractivity contribution in [2.45, 2.75) is 26.4 Å². The van der Waals surface area contributed by atoms with Crippen LogP contribution in [0.5, 0.6) is 0 Å². The summed E-state index contributed by atoms with van der Waals surface area (Å²) in [6.45, 7) is 9.80. The maximum absolute atomic E-state index is 6.10. The molecule has 0 spiro atoms. The first-order valence-corrected chi connectivity index (χ1v) is 6.61. The zero-order valence-electron chi connectivity index (χ0n) is 11.6. The molecule has 0 saturated carbocycles. The third-order valence-electron chi connectivity index (χ3n) is 3.26. The molecule has 0 bridgehead atoms. The van der Waals surface area contributed by atoms with Crippen molar-refractivity contribution in [1.29, 1.82) is 0 Å². The highest BCUT2D eigenvalue weighted by Crippen LogP contribution is 2.21. The van der Waals surface area contributed by atoms with Crippen LogP contribution in [0.3, 0.4) is 0 Å². The molecule has 3 nitrogen and oxygen atoms in total. The fraction of sp³-hybridized carbons (Fsp3) is 0.312. The molecule has 1 heterocycles. The van der Waals surface area contributed by atoms with E-state index in [1.165, 1.54) is 0 Å². The first-order valence-electron chi connectivity index (χ1n) is 6.61. The zero-order chi connectivity index (χ0) is 13.8. The van der Waals surface area contributed by atoms with Crippen molar-refractivity contribution >= 4 is 16.6 Å². The number of nitrogens with zero attached hydrogens (tertiary/aromatic N) is 2. The number of pyridine rings is 1. The summed E-state index contributed by atoms with van der Waals surface area (Å²) < 4.78 is 0. The monoisotopic (exact) mass is 255 g/mol. The first kappa shape index (κ1) is 13.6. The van der Waals surface area contributed by atoms with Gasteiger partial charge in [0.15, 0.2) is 0 Å². The maximum atomic E-state index is 6.10. The van der Waals surface area contributed by atoms with Crippen molar-refractivity contribution in [3.05, 3.63) is 48.7 Å². The summed E-state index contributed by atoms with van der Waals surface area (Å²) in [4.78, 5) is 6.99. The Kier molecular flexibility index (Phi) is 4.17. The van der Waals surface area contributed by atoms with Crippen LogP contribution < -0.4 is 5.73 Å². The summed E-state index contributed by atoms with van der Waals surface area (Å²) in [5.74, 6) is 0. The van der Waals surface area contributed by atoms with Gasteiger partial charge in [0.1, 0.15) is 0 Å². The summed E-state index contributed by atoms with van der Waals surface area (Å²) in [6, 6.07) is 10.4. The number of benzene rings is 1. The summed E-state index contributed by atoms with van der Waals surface area (Å²) in [7, 11) is 0. The van der Waals surface area contributed by atoms with Crippen molar-refractivity contribution in [3.63, 3.8) is 0 Å². The van der Waals surface area contributed by atoms with Crippen LogP contribution in [0.4, 0.5) is 5.69 Å². The molecule has 0 radical (unpaired) electrons. The SMILES string of the molecule is C=CCN(Cc1cc(N)c2ccccc2n1)C(C)C. The molecule has 0 atom stereocenters. The van der Waals surface area contributed by atoms with Crippen LogP contribution in [0.1, 0.15) is 19.5 Å². The Balaban J connectivity index is 2.32. The molecule has 0 aliphatic heterocycles. The molecular formula is C16H21N3. The van der Waals surface area contributed by atoms with Gasteiger partial charge in [0, 0.05) is 30.2 Å². The molecule has 0 aliphatic rings. The zero-order valence-corrected chi connectivity index (χ0v) is 11.6. The van der Waals surface area contributed by atoms with Crippen LogP contribution in [0.2, 0.25) is 0 Å². The number of hydrogen-bond donors (Lipinski definition) is 1. The van der Waals surface area contributed by atoms with Crippen molar-refractivity contribution in [2.24, 2.45) is 0 Å². The summed E-state index contributed by atoms with van der Waals surface area (Å²) >= 11 is 0. The Hall–Kier alpha value is -1.87. The third-order valence-corrected chi connectivity index (χ3v) is 3.26. The van der Waals surface area contributed by atoms with Gasteiger partial charge in [0.05, 0.1) is 11.2 Å². The average Bonchev–Trinajstić information content (AvgIpc) is 2.38. The van der Waals surface area contributed by atoms with Crippen LogP contribution in [0.25, 0.3) is 10.9 Å². The van der Waals surface area contributed by atoms with Crippen molar-refractivity contribution in [1.82, 2.24) is 9.88 Å². The van der Waals surface area contributed by atoms with Crippen molar-refractivity contribution in [2.75, 3.05) is 12.3 Å². The minimum absolute atomic E-state index is 0.451. The van der Waals surface area contributed by atoms with Crippen LogP contribution in [-0.4, -0.2) is 22.5 Å². The number of nitrogen functional groups attached to an aromatic ring is 1. The molecule has 3 heteroatoms. The molecular weight excluding hydrogens is 234 g/mol. The number of hydrogen-bond acceptors (Lipinski definition) is 3. The summed E-state index contributed by atoms with van der Waals surface area (Å²) in [6.07, 6.45) is 1.92. The minimum atomic E-state index is 0.451. The topological polar surface area (TPSA) is 42.1 Å². The van der Waals surface area contributed by atoms with E-state index in [0.717, 1.165) is 35.4 Å². The Labute approximate surface area is 114 Å². The fourth-order valence-electron chi connectivity index (χ4n) is 2.17. The van der Waals surface area contributed by atoms with Gasteiger partial charge in [0.25, 0.3) is 0 Å². The second kappa shape index (κ2) is 5.85. The van der Waals surface area contributed by atoms with Gasteiger partial charge in [-0.3, -0.25) is 9.88 Å². The minimum Gasteiger partial charge on any atom is -0.398 e. The molecule has 0 saturated heterocycles. The molecule has 0 unspecified atom stereocenters. The molecule has 0 fully saturated rings. The maximum Gasteiger partial charge on any atom is 0.0726 e. The van der Waals surface area contributed by atoms with Crippen LogP contribution in [0.15, 0.2) is 43.0 Å². The molecule has 2 aromatic rings. The molecule has 1 aromatic carbocycles. The van der Waals surface area contributed by atoms with E-state index >= 15 is 0 Å². The second-order valence-electron chi connectivity index (χ2n) is 5.03. The number of nitrogens with two attached hydrogens (primary N) is 1. The Bertz CT molecular complexity index is 575. The van der Waals surface area contributed by atoms with E-state index in [-0.39, 0.29) is 0 Å². The predicted molar refractivity (Wildman–Crippen MR) is 81.9 cm³/mol. The molecule has 2 rings (SSSR count). The third kappa shape index (κ3) is 3.12. The van der Waals surface area contributed by atoms with Gasteiger partial charge >= 0.3 is 0 Å². The van der Waals surface area contributed by atoms with Gasteiger partial charge in [-0.05, 0) is 26.0 Å². The highest BCUT2D eigenvalue weighted by molar-refractivity contribution is 5.90. The van der Waals surface area contributed by atoms with E-state index < -0.39 is 0 Å². The number of rotatable bonds is 5. The van der Waals surface area contributed by atoms with E-state index in [4.69, 9.17) is 5.73 Å². The predicted octanol–water partition coefficient (Wildman–Crippen LogP) is 3.21.